The Morgan fingerprint density at radius 1 is 0.811 bits per heavy atom. The number of hydrogen-bond donors (Lipinski definition) is 2. The van der Waals surface area contributed by atoms with E-state index in [1.54, 1.807) is 54.6 Å². The fourth-order valence-corrected chi connectivity index (χ4v) is 4.18. The number of hydrogen-bond acceptors (Lipinski definition) is 8. The van der Waals surface area contributed by atoms with Gasteiger partial charge >= 0.3 is 0 Å². The van der Waals surface area contributed by atoms with Crippen LogP contribution in [0.5, 0.6) is 23.0 Å². The maximum absolute atomic E-state index is 12.8. The lowest BCUT2D eigenvalue weighted by Crippen LogP contribution is -2.09. The van der Waals surface area contributed by atoms with Crippen LogP contribution in [0.15, 0.2) is 78.3 Å². The van der Waals surface area contributed by atoms with Gasteiger partial charge in [0.1, 0.15) is 23.0 Å². The second-order valence-corrected chi connectivity index (χ2v) is 9.08. The first kappa shape index (κ1) is 27.2. The zero-order chi connectivity index (χ0) is 26.8. The highest BCUT2D eigenvalue weighted by molar-refractivity contribution is 7.95. The van der Waals surface area contributed by atoms with Crippen LogP contribution in [-0.4, -0.2) is 42.6 Å². The van der Waals surface area contributed by atoms with E-state index >= 15 is 0 Å². The quantitative estimate of drug-likeness (QED) is 0.253. The van der Waals surface area contributed by atoms with Crippen LogP contribution < -0.4 is 29.0 Å². The van der Waals surface area contributed by atoms with Crippen molar-refractivity contribution in [3.63, 3.8) is 0 Å². The second-order valence-electron chi connectivity index (χ2n) is 7.52. The van der Waals surface area contributed by atoms with Gasteiger partial charge < -0.3 is 24.3 Å². The molecular formula is C27H28N2O7S. The molecule has 0 heterocycles. The van der Waals surface area contributed by atoms with E-state index < -0.39 is 10.0 Å². The van der Waals surface area contributed by atoms with E-state index in [9.17, 15) is 13.2 Å². The summed E-state index contributed by atoms with van der Waals surface area (Å²) in [6, 6.07) is 16.8. The standard InChI is InChI=1S/C27H28N2O7S/c1-33-21-17-26(35-3)22(27(18-21)36-4)13-15-37(31,32)29-20-10-11-25(34-2)23(16-20)28-14-12-24(30)19-8-6-5-7-9-19/h5-18,28-29H,1-4H3. The number of benzene rings is 3. The number of ketones is 1. The first-order valence-electron chi connectivity index (χ1n) is 11.0. The molecule has 0 unspecified atom stereocenters. The first-order valence-corrected chi connectivity index (χ1v) is 12.6. The van der Waals surface area contributed by atoms with Gasteiger partial charge in [-0.05, 0) is 24.3 Å². The predicted octanol–water partition coefficient (Wildman–Crippen LogP) is 4.94. The van der Waals surface area contributed by atoms with Crippen molar-refractivity contribution in [1.82, 2.24) is 0 Å². The van der Waals surface area contributed by atoms with Gasteiger partial charge in [0.15, 0.2) is 5.78 Å². The molecule has 0 radical (unpaired) electrons. The average molecular weight is 525 g/mol. The summed E-state index contributed by atoms with van der Waals surface area (Å²) in [7, 11) is 2.00. The second kappa shape index (κ2) is 12.5. The highest BCUT2D eigenvalue weighted by Gasteiger charge is 2.14. The van der Waals surface area contributed by atoms with Crippen LogP contribution in [0, 0.1) is 0 Å². The number of allylic oxidation sites excluding steroid dienone is 1. The van der Waals surface area contributed by atoms with Crippen molar-refractivity contribution in [3.05, 3.63) is 89.5 Å². The topological polar surface area (TPSA) is 112 Å². The summed E-state index contributed by atoms with van der Waals surface area (Å²) >= 11 is 0. The Morgan fingerprint density at radius 2 is 1.46 bits per heavy atom. The molecule has 0 saturated carbocycles. The van der Waals surface area contributed by atoms with Crippen molar-refractivity contribution in [2.45, 2.75) is 0 Å². The number of ether oxygens (including phenoxy) is 4. The summed E-state index contributed by atoms with van der Waals surface area (Å²) in [5, 5.41) is 3.98. The van der Waals surface area contributed by atoms with Crippen LogP contribution in [-0.2, 0) is 10.0 Å². The van der Waals surface area contributed by atoms with E-state index in [4.69, 9.17) is 18.9 Å². The summed E-state index contributed by atoms with van der Waals surface area (Å²) in [5.74, 6) is 1.55. The molecule has 194 valence electrons. The van der Waals surface area contributed by atoms with Crippen molar-refractivity contribution in [2.75, 3.05) is 38.5 Å². The molecular weight excluding hydrogens is 496 g/mol. The van der Waals surface area contributed by atoms with E-state index in [1.807, 2.05) is 6.07 Å². The first-order chi connectivity index (χ1) is 17.8. The molecule has 37 heavy (non-hydrogen) atoms. The van der Waals surface area contributed by atoms with Crippen molar-refractivity contribution in [2.24, 2.45) is 0 Å². The third kappa shape index (κ3) is 7.28. The van der Waals surface area contributed by atoms with E-state index in [2.05, 4.69) is 10.0 Å². The minimum atomic E-state index is -3.92. The highest BCUT2D eigenvalue weighted by Crippen LogP contribution is 2.35. The molecule has 0 spiro atoms. The molecule has 3 aromatic carbocycles. The summed E-state index contributed by atoms with van der Waals surface area (Å²) in [6.45, 7) is 0. The number of rotatable bonds is 12. The number of nitrogens with one attached hydrogen (secondary N) is 2. The fourth-order valence-electron chi connectivity index (χ4n) is 3.34. The van der Waals surface area contributed by atoms with Gasteiger partial charge in [-0.1, -0.05) is 30.3 Å². The molecule has 9 nitrogen and oxygen atoms in total. The van der Waals surface area contributed by atoms with E-state index in [1.165, 1.54) is 46.8 Å². The number of carbonyl (C=O) groups excluding carboxylic acids is 1. The molecule has 3 aromatic rings. The Balaban J connectivity index is 1.79. The van der Waals surface area contributed by atoms with Gasteiger partial charge in [-0.25, -0.2) is 8.42 Å². The molecule has 0 saturated heterocycles. The summed E-state index contributed by atoms with van der Waals surface area (Å²) < 4.78 is 49.4. The van der Waals surface area contributed by atoms with Gasteiger partial charge in [0.2, 0.25) is 0 Å². The number of sulfonamides is 1. The lowest BCUT2D eigenvalue weighted by molar-refractivity contribution is 0.104. The molecule has 2 N–H and O–H groups in total. The van der Waals surface area contributed by atoms with E-state index in [0.29, 0.717) is 39.8 Å². The Labute approximate surface area is 216 Å². The molecule has 0 amide bonds. The maximum atomic E-state index is 12.8. The van der Waals surface area contributed by atoms with Gasteiger partial charge in [0, 0.05) is 30.0 Å². The molecule has 3 rings (SSSR count). The monoisotopic (exact) mass is 524 g/mol. The van der Waals surface area contributed by atoms with Gasteiger partial charge in [-0.2, -0.15) is 0 Å². The van der Waals surface area contributed by atoms with Crippen LogP contribution in [0.2, 0.25) is 0 Å². The third-order valence-corrected chi connectivity index (χ3v) is 6.17. The number of anilines is 2. The van der Waals surface area contributed by atoms with Gasteiger partial charge in [0.05, 0.1) is 50.8 Å². The minimum Gasteiger partial charge on any atom is -0.496 e. The zero-order valence-electron chi connectivity index (χ0n) is 20.8. The SMILES string of the molecule is COc1cc(OC)c(C=CS(=O)(=O)Nc2ccc(OC)c(NC=CC(=O)c3ccccc3)c2)c(OC)c1. The van der Waals surface area contributed by atoms with Crippen LogP contribution in [0.25, 0.3) is 6.08 Å². The molecule has 10 heteroatoms. The Bertz CT molecular complexity index is 1380. The number of carbonyl (C=O) groups is 1. The summed E-state index contributed by atoms with van der Waals surface area (Å²) in [5.41, 5.74) is 1.72. The fraction of sp³-hybridized carbons (Fsp3) is 0.148. The smallest absolute Gasteiger partial charge is 0.255 e. The third-order valence-electron chi connectivity index (χ3n) is 5.16. The molecule has 0 aliphatic carbocycles. The summed E-state index contributed by atoms with van der Waals surface area (Å²) in [6.07, 6.45) is 4.22. The lowest BCUT2D eigenvalue weighted by atomic mass is 10.1. The Morgan fingerprint density at radius 3 is 2.05 bits per heavy atom. The van der Waals surface area contributed by atoms with Crippen LogP contribution in [0.1, 0.15) is 15.9 Å². The molecule has 0 aromatic heterocycles. The van der Waals surface area contributed by atoms with Gasteiger partial charge in [-0.15, -0.1) is 0 Å². The maximum Gasteiger partial charge on any atom is 0.255 e. The largest absolute Gasteiger partial charge is 0.496 e. The van der Waals surface area contributed by atoms with Gasteiger partial charge in [-0.3, -0.25) is 9.52 Å². The summed E-state index contributed by atoms with van der Waals surface area (Å²) in [4.78, 5) is 12.3. The zero-order valence-corrected chi connectivity index (χ0v) is 21.7. The lowest BCUT2D eigenvalue weighted by Gasteiger charge is -2.13. The molecule has 0 bridgehead atoms. The Hall–Kier alpha value is -4.44. The molecule has 0 fully saturated rings. The van der Waals surface area contributed by atoms with Crippen molar-refractivity contribution >= 4 is 33.3 Å². The van der Waals surface area contributed by atoms with Crippen molar-refractivity contribution in [1.29, 1.82) is 0 Å². The van der Waals surface area contributed by atoms with Gasteiger partial charge in [0.25, 0.3) is 10.0 Å². The van der Waals surface area contributed by atoms with Crippen LogP contribution >= 0.6 is 0 Å². The van der Waals surface area contributed by atoms with E-state index in [-0.39, 0.29) is 11.5 Å². The normalized spacial score (nSPS) is 11.4. The Kier molecular flexibility index (Phi) is 9.17. The molecule has 0 aliphatic rings. The predicted molar refractivity (Wildman–Crippen MR) is 144 cm³/mol. The van der Waals surface area contributed by atoms with Crippen molar-refractivity contribution < 1.29 is 32.2 Å². The van der Waals surface area contributed by atoms with Crippen LogP contribution in [0.3, 0.4) is 0 Å². The van der Waals surface area contributed by atoms with Crippen molar-refractivity contribution in [3.8, 4) is 23.0 Å². The van der Waals surface area contributed by atoms with E-state index in [0.717, 1.165) is 5.41 Å². The van der Waals surface area contributed by atoms with Crippen LogP contribution in [0.4, 0.5) is 11.4 Å². The minimum absolute atomic E-state index is 0.182. The highest BCUT2D eigenvalue weighted by atomic mass is 32.2. The number of methoxy groups -OCH3 is 4. The molecule has 0 aliphatic heterocycles. The molecule has 0 atom stereocenters. The average Bonchev–Trinajstić information content (AvgIpc) is 2.91.